The molecule has 0 amide bonds. The van der Waals surface area contributed by atoms with Crippen LogP contribution in [-0.4, -0.2) is 43.2 Å². The van der Waals surface area contributed by atoms with Crippen molar-refractivity contribution < 1.29 is 4.39 Å². The zero-order valence-corrected chi connectivity index (χ0v) is 12.9. The number of hydrogen-bond donors (Lipinski definition) is 1. The van der Waals surface area contributed by atoms with Crippen molar-refractivity contribution in [3.63, 3.8) is 0 Å². The van der Waals surface area contributed by atoms with E-state index in [2.05, 4.69) is 22.8 Å². The van der Waals surface area contributed by atoms with Gasteiger partial charge in [-0.05, 0) is 44.4 Å². The molecule has 2 heterocycles. The summed E-state index contributed by atoms with van der Waals surface area (Å²) in [5, 5.41) is 0. The molecule has 0 saturated carbocycles. The van der Waals surface area contributed by atoms with Gasteiger partial charge in [0, 0.05) is 43.0 Å². The summed E-state index contributed by atoms with van der Waals surface area (Å²) in [7, 11) is 0. The van der Waals surface area contributed by atoms with Crippen molar-refractivity contribution >= 4 is 5.69 Å². The first-order valence-corrected chi connectivity index (χ1v) is 8.21. The minimum absolute atomic E-state index is 0.0356. The van der Waals surface area contributed by atoms with Crippen LogP contribution in [0.25, 0.3) is 0 Å². The molecule has 2 aliphatic rings. The van der Waals surface area contributed by atoms with Crippen molar-refractivity contribution in [1.29, 1.82) is 0 Å². The fourth-order valence-corrected chi connectivity index (χ4v) is 3.66. The molecule has 3 nitrogen and oxygen atoms in total. The predicted octanol–water partition coefficient (Wildman–Crippen LogP) is 2.39. The van der Waals surface area contributed by atoms with E-state index in [4.69, 9.17) is 5.73 Å². The van der Waals surface area contributed by atoms with E-state index in [9.17, 15) is 4.39 Å². The van der Waals surface area contributed by atoms with Crippen molar-refractivity contribution in [3.05, 3.63) is 29.6 Å². The molecular weight excluding hydrogens is 265 g/mol. The van der Waals surface area contributed by atoms with Crippen LogP contribution in [0, 0.1) is 5.82 Å². The van der Waals surface area contributed by atoms with Crippen LogP contribution < -0.4 is 10.6 Å². The average Bonchev–Trinajstić information content (AvgIpc) is 2.96. The normalized spacial score (nSPS) is 24.1. The highest BCUT2D eigenvalue weighted by Crippen LogP contribution is 2.29. The van der Waals surface area contributed by atoms with Gasteiger partial charge in [0.05, 0.1) is 0 Å². The first-order chi connectivity index (χ1) is 10.2. The van der Waals surface area contributed by atoms with Gasteiger partial charge in [-0.25, -0.2) is 4.39 Å². The summed E-state index contributed by atoms with van der Waals surface area (Å²) in [6.07, 6.45) is 4.08. The van der Waals surface area contributed by atoms with Crippen molar-refractivity contribution in [1.82, 2.24) is 4.90 Å². The molecule has 3 rings (SSSR count). The highest BCUT2D eigenvalue weighted by atomic mass is 19.1. The number of nitrogens with two attached hydrogens (primary N) is 1. The van der Waals surface area contributed by atoms with E-state index in [0.29, 0.717) is 12.5 Å². The third-order valence-electron chi connectivity index (χ3n) is 5.01. The Bertz CT molecular complexity index is 491. The zero-order chi connectivity index (χ0) is 14.8. The largest absolute Gasteiger partial charge is 0.368 e. The van der Waals surface area contributed by atoms with Gasteiger partial charge in [-0.2, -0.15) is 0 Å². The van der Waals surface area contributed by atoms with Crippen molar-refractivity contribution in [2.45, 2.75) is 44.7 Å². The molecule has 2 saturated heterocycles. The van der Waals surface area contributed by atoms with E-state index in [0.717, 1.165) is 37.3 Å². The first kappa shape index (κ1) is 14.8. The van der Waals surface area contributed by atoms with Gasteiger partial charge in [-0.15, -0.1) is 0 Å². The molecule has 2 unspecified atom stereocenters. The molecule has 0 bridgehead atoms. The molecule has 0 radical (unpaired) electrons. The van der Waals surface area contributed by atoms with Crippen LogP contribution in [0.2, 0.25) is 0 Å². The fourth-order valence-electron chi connectivity index (χ4n) is 3.66. The molecule has 2 aliphatic heterocycles. The quantitative estimate of drug-likeness (QED) is 0.924. The summed E-state index contributed by atoms with van der Waals surface area (Å²) >= 11 is 0. The van der Waals surface area contributed by atoms with E-state index in [-0.39, 0.29) is 11.9 Å². The number of nitrogens with zero attached hydrogens (tertiary/aromatic N) is 2. The Morgan fingerprint density at radius 2 is 2.19 bits per heavy atom. The lowest BCUT2D eigenvalue weighted by Gasteiger charge is -2.39. The second kappa shape index (κ2) is 6.32. The Hall–Kier alpha value is -1.13. The Morgan fingerprint density at radius 3 is 3.00 bits per heavy atom. The average molecular weight is 291 g/mol. The Balaban J connectivity index is 1.82. The molecular formula is C17H26FN3. The van der Waals surface area contributed by atoms with Gasteiger partial charge in [0.1, 0.15) is 5.82 Å². The minimum atomic E-state index is -0.106. The second-order valence-electron chi connectivity index (χ2n) is 6.39. The third kappa shape index (κ3) is 3.06. The van der Waals surface area contributed by atoms with Crippen LogP contribution in [0.1, 0.15) is 31.7 Å². The number of halogens is 1. The Labute approximate surface area is 126 Å². The van der Waals surface area contributed by atoms with Gasteiger partial charge in [0.15, 0.2) is 0 Å². The van der Waals surface area contributed by atoms with Crippen molar-refractivity contribution in [2.75, 3.05) is 31.1 Å². The summed E-state index contributed by atoms with van der Waals surface area (Å²) in [5.41, 5.74) is 7.93. The van der Waals surface area contributed by atoms with Crippen LogP contribution in [0.5, 0.6) is 0 Å². The Kier molecular flexibility index (Phi) is 4.45. The summed E-state index contributed by atoms with van der Waals surface area (Å²) in [4.78, 5) is 4.94. The predicted molar refractivity (Wildman–Crippen MR) is 85.2 cm³/mol. The molecule has 0 aliphatic carbocycles. The number of piperazine rings is 1. The summed E-state index contributed by atoms with van der Waals surface area (Å²) < 4.78 is 14.3. The number of fused-ring (bicyclic) bond motifs is 1. The van der Waals surface area contributed by atoms with Crippen molar-refractivity contribution in [2.24, 2.45) is 5.73 Å². The van der Waals surface area contributed by atoms with Crippen LogP contribution in [0.3, 0.4) is 0 Å². The van der Waals surface area contributed by atoms with Gasteiger partial charge in [-0.1, -0.05) is 13.0 Å². The van der Waals surface area contributed by atoms with Gasteiger partial charge in [0.25, 0.3) is 0 Å². The van der Waals surface area contributed by atoms with Crippen LogP contribution in [-0.2, 0) is 6.42 Å². The molecule has 116 valence electrons. The fraction of sp³-hybridized carbons (Fsp3) is 0.647. The van der Waals surface area contributed by atoms with Crippen LogP contribution >= 0.6 is 0 Å². The zero-order valence-electron chi connectivity index (χ0n) is 12.9. The van der Waals surface area contributed by atoms with Crippen LogP contribution in [0.4, 0.5) is 10.1 Å². The van der Waals surface area contributed by atoms with Gasteiger partial charge in [-0.3, -0.25) is 4.90 Å². The second-order valence-corrected chi connectivity index (χ2v) is 6.39. The van der Waals surface area contributed by atoms with E-state index in [1.807, 2.05) is 6.07 Å². The van der Waals surface area contributed by atoms with Gasteiger partial charge >= 0.3 is 0 Å². The minimum Gasteiger partial charge on any atom is -0.368 e. The van der Waals surface area contributed by atoms with Crippen molar-refractivity contribution in [3.8, 4) is 0 Å². The molecule has 21 heavy (non-hydrogen) atoms. The monoisotopic (exact) mass is 291 g/mol. The maximum atomic E-state index is 14.3. The lowest BCUT2D eigenvalue weighted by Crippen LogP contribution is -2.50. The standard InChI is InChI=1S/C17H26FN3/c1-2-13(19)11-15-16(18)6-3-7-17(15)21-10-9-20-8-4-5-14(20)12-21/h3,6-7,13-14H,2,4-5,8-12,19H2,1H3. The third-order valence-corrected chi connectivity index (χ3v) is 5.01. The molecule has 0 spiro atoms. The highest BCUT2D eigenvalue weighted by Gasteiger charge is 2.31. The van der Waals surface area contributed by atoms with Gasteiger partial charge < -0.3 is 10.6 Å². The number of anilines is 1. The lowest BCUT2D eigenvalue weighted by molar-refractivity contribution is 0.230. The topological polar surface area (TPSA) is 32.5 Å². The molecule has 2 fully saturated rings. The highest BCUT2D eigenvalue weighted by molar-refractivity contribution is 5.55. The summed E-state index contributed by atoms with van der Waals surface area (Å²) in [5.74, 6) is -0.106. The number of hydrogen-bond acceptors (Lipinski definition) is 3. The maximum absolute atomic E-state index is 14.3. The maximum Gasteiger partial charge on any atom is 0.128 e. The van der Waals surface area contributed by atoms with Crippen LogP contribution in [0.15, 0.2) is 18.2 Å². The van der Waals surface area contributed by atoms with E-state index in [1.54, 1.807) is 6.07 Å². The molecule has 2 N–H and O–H groups in total. The Morgan fingerprint density at radius 1 is 1.33 bits per heavy atom. The number of rotatable bonds is 4. The van der Waals surface area contributed by atoms with E-state index in [1.165, 1.54) is 19.4 Å². The summed E-state index contributed by atoms with van der Waals surface area (Å²) in [6.45, 7) is 6.41. The summed E-state index contributed by atoms with van der Waals surface area (Å²) in [6, 6.07) is 6.13. The number of benzene rings is 1. The smallest absolute Gasteiger partial charge is 0.128 e. The van der Waals surface area contributed by atoms with Gasteiger partial charge in [0.2, 0.25) is 0 Å². The van der Waals surface area contributed by atoms with E-state index >= 15 is 0 Å². The lowest BCUT2D eigenvalue weighted by atomic mass is 10.0. The molecule has 4 heteroatoms. The molecule has 0 aromatic heterocycles. The SMILES string of the molecule is CCC(N)Cc1c(F)cccc1N1CCN2CCCC2C1. The molecule has 2 atom stereocenters. The van der Waals surface area contributed by atoms with E-state index < -0.39 is 0 Å². The first-order valence-electron chi connectivity index (χ1n) is 8.21. The molecule has 1 aromatic rings. The molecule has 1 aromatic carbocycles.